The van der Waals surface area contributed by atoms with Crippen molar-refractivity contribution in [2.75, 3.05) is 13.7 Å². The van der Waals surface area contributed by atoms with E-state index in [0.29, 0.717) is 33.6 Å². The molecule has 30 heavy (non-hydrogen) atoms. The van der Waals surface area contributed by atoms with E-state index in [1.165, 1.54) is 23.9 Å². The van der Waals surface area contributed by atoms with Crippen molar-refractivity contribution in [3.63, 3.8) is 0 Å². The average molecular weight is 453 g/mol. The van der Waals surface area contributed by atoms with Crippen LogP contribution in [0.5, 0.6) is 5.75 Å². The summed E-state index contributed by atoms with van der Waals surface area (Å²) in [6, 6.07) is 13.1. The highest BCUT2D eigenvalue weighted by molar-refractivity contribution is 8.18. The SMILES string of the molecule is CCCN1C(=O)/C(=C/c2ccc(SC(F)(F)F)cc2)SC1=Nc1ccc(OC)cc1. The van der Waals surface area contributed by atoms with E-state index in [-0.39, 0.29) is 22.6 Å². The van der Waals surface area contributed by atoms with Gasteiger partial charge in [0.05, 0.1) is 17.7 Å². The molecular formula is C21H19F3N2O2S2. The quantitative estimate of drug-likeness (QED) is 0.380. The summed E-state index contributed by atoms with van der Waals surface area (Å²) in [6.07, 6.45) is 2.44. The van der Waals surface area contributed by atoms with Crippen molar-refractivity contribution in [2.45, 2.75) is 23.7 Å². The number of nitrogens with zero attached hydrogens (tertiary/aromatic N) is 2. The van der Waals surface area contributed by atoms with Gasteiger partial charge in [0.15, 0.2) is 5.17 Å². The molecule has 0 unspecified atom stereocenters. The minimum atomic E-state index is -4.33. The van der Waals surface area contributed by atoms with Crippen LogP contribution in [0.3, 0.4) is 0 Å². The van der Waals surface area contributed by atoms with E-state index in [2.05, 4.69) is 4.99 Å². The lowest BCUT2D eigenvalue weighted by molar-refractivity contribution is -0.122. The molecule has 1 amide bonds. The van der Waals surface area contributed by atoms with Crippen molar-refractivity contribution in [1.29, 1.82) is 0 Å². The molecule has 158 valence electrons. The van der Waals surface area contributed by atoms with Crippen LogP contribution < -0.4 is 4.74 Å². The minimum Gasteiger partial charge on any atom is -0.497 e. The van der Waals surface area contributed by atoms with Crippen LogP contribution in [-0.4, -0.2) is 35.1 Å². The smallest absolute Gasteiger partial charge is 0.446 e. The molecule has 1 fully saturated rings. The molecule has 3 rings (SSSR count). The largest absolute Gasteiger partial charge is 0.497 e. The van der Waals surface area contributed by atoms with Gasteiger partial charge in [0.25, 0.3) is 5.91 Å². The van der Waals surface area contributed by atoms with Gasteiger partial charge in [-0.05, 0) is 78.0 Å². The van der Waals surface area contributed by atoms with Crippen molar-refractivity contribution in [3.8, 4) is 5.75 Å². The van der Waals surface area contributed by atoms with E-state index in [4.69, 9.17) is 4.74 Å². The average Bonchev–Trinajstić information content (AvgIpc) is 2.98. The summed E-state index contributed by atoms with van der Waals surface area (Å²) in [6.45, 7) is 2.50. The first-order valence-corrected chi connectivity index (χ1v) is 10.7. The van der Waals surface area contributed by atoms with Crippen molar-refractivity contribution in [1.82, 2.24) is 4.90 Å². The van der Waals surface area contributed by atoms with E-state index in [1.54, 1.807) is 54.5 Å². The third kappa shape index (κ3) is 5.82. The van der Waals surface area contributed by atoms with Crippen molar-refractivity contribution in [2.24, 2.45) is 4.99 Å². The first-order valence-electron chi connectivity index (χ1n) is 9.09. The summed E-state index contributed by atoms with van der Waals surface area (Å²) >= 11 is 1.09. The maximum absolute atomic E-state index is 12.8. The molecule has 0 aromatic heterocycles. The van der Waals surface area contributed by atoms with Gasteiger partial charge in [0, 0.05) is 11.4 Å². The third-order valence-electron chi connectivity index (χ3n) is 4.04. The van der Waals surface area contributed by atoms with Crippen LogP contribution in [0.2, 0.25) is 0 Å². The molecule has 1 saturated heterocycles. The molecule has 0 aliphatic carbocycles. The number of amidine groups is 1. The molecular weight excluding hydrogens is 433 g/mol. The highest BCUT2D eigenvalue weighted by atomic mass is 32.2. The van der Waals surface area contributed by atoms with Gasteiger partial charge in [-0.25, -0.2) is 4.99 Å². The number of rotatable bonds is 6. The number of alkyl halides is 3. The molecule has 0 radical (unpaired) electrons. The molecule has 0 bridgehead atoms. The predicted molar refractivity (Wildman–Crippen MR) is 116 cm³/mol. The minimum absolute atomic E-state index is 0.101. The van der Waals surface area contributed by atoms with E-state index in [0.717, 1.165) is 6.42 Å². The van der Waals surface area contributed by atoms with Crippen LogP contribution in [0.4, 0.5) is 18.9 Å². The number of amides is 1. The Morgan fingerprint density at radius 3 is 2.37 bits per heavy atom. The van der Waals surface area contributed by atoms with E-state index < -0.39 is 5.51 Å². The summed E-state index contributed by atoms with van der Waals surface area (Å²) in [4.78, 5) is 19.6. The molecule has 0 spiro atoms. The maximum Gasteiger partial charge on any atom is 0.446 e. The zero-order valence-corrected chi connectivity index (χ0v) is 17.9. The van der Waals surface area contributed by atoms with Gasteiger partial charge >= 0.3 is 5.51 Å². The second-order valence-corrected chi connectivity index (χ2v) is 8.42. The molecule has 1 heterocycles. The number of thioether (sulfide) groups is 2. The maximum atomic E-state index is 12.8. The molecule has 1 aliphatic heterocycles. The zero-order chi connectivity index (χ0) is 21.7. The molecule has 0 N–H and O–H groups in total. The second-order valence-electron chi connectivity index (χ2n) is 6.28. The Bertz CT molecular complexity index is 956. The summed E-state index contributed by atoms with van der Waals surface area (Å²) < 4.78 is 42.6. The number of aliphatic imine (C=N–C) groups is 1. The normalized spacial score (nSPS) is 17.2. The topological polar surface area (TPSA) is 41.9 Å². The number of ether oxygens (including phenoxy) is 1. The monoisotopic (exact) mass is 452 g/mol. The Morgan fingerprint density at radius 1 is 1.13 bits per heavy atom. The Labute approximate surface area is 181 Å². The van der Waals surface area contributed by atoms with Crippen LogP contribution in [-0.2, 0) is 4.79 Å². The fraction of sp³-hybridized carbons (Fsp3) is 0.238. The molecule has 4 nitrogen and oxygen atoms in total. The van der Waals surface area contributed by atoms with Crippen LogP contribution in [0, 0.1) is 0 Å². The van der Waals surface area contributed by atoms with Crippen LogP contribution in [0.25, 0.3) is 6.08 Å². The van der Waals surface area contributed by atoms with Crippen LogP contribution in [0.15, 0.2) is 63.3 Å². The van der Waals surface area contributed by atoms with Crippen molar-refractivity contribution in [3.05, 3.63) is 59.0 Å². The zero-order valence-electron chi connectivity index (χ0n) is 16.3. The highest BCUT2D eigenvalue weighted by Crippen LogP contribution is 2.38. The number of hydrogen-bond acceptors (Lipinski definition) is 5. The predicted octanol–water partition coefficient (Wildman–Crippen LogP) is 6.32. The van der Waals surface area contributed by atoms with Crippen LogP contribution >= 0.6 is 23.5 Å². The summed E-state index contributed by atoms with van der Waals surface area (Å²) in [5.74, 6) is 0.551. The molecule has 9 heteroatoms. The Kier molecular flexibility index (Phi) is 7.14. The van der Waals surface area contributed by atoms with Gasteiger partial charge in [0.2, 0.25) is 0 Å². The van der Waals surface area contributed by atoms with Gasteiger partial charge < -0.3 is 4.74 Å². The lowest BCUT2D eigenvalue weighted by Crippen LogP contribution is -2.29. The first kappa shape index (κ1) is 22.3. The number of benzene rings is 2. The fourth-order valence-electron chi connectivity index (χ4n) is 2.70. The number of hydrogen-bond donors (Lipinski definition) is 0. The Balaban J connectivity index is 1.83. The van der Waals surface area contributed by atoms with Gasteiger partial charge in [-0.1, -0.05) is 19.1 Å². The van der Waals surface area contributed by atoms with Gasteiger partial charge in [-0.3, -0.25) is 9.69 Å². The lowest BCUT2D eigenvalue weighted by Gasteiger charge is -2.14. The fourth-order valence-corrected chi connectivity index (χ4v) is 4.26. The number of methoxy groups -OCH3 is 1. The summed E-state index contributed by atoms with van der Waals surface area (Å²) in [5.41, 5.74) is -2.98. The standard InChI is InChI=1S/C21H19F3N2O2S2/c1-3-12-26-19(27)18(13-14-4-10-17(11-5-14)30-21(22,23)24)29-20(26)25-15-6-8-16(28-2)9-7-15/h4-11,13H,3,12H2,1-2H3/b18-13-,25-20?. The second kappa shape index (κ2) is 9.61. The molecule has 0 atom stereocenters. The number of carbonyl (C=O) groups is 1. The third-order valence-corrected chi connectivity index (χ3v) is 5.79. The Hall–Kier alpha value is -2.39. The van der Waals surface area contributed by atoms with E-state index in [9.17, 15) is 18.0 Å². The van der Waals surface area contributed by atoms with Gasteiger partial charge in [0.1, 0.15) is 5.75 Å². The number of halogens is 3. The van der Waals surface area contributed by atoms with Gasteiger partial charge in [-0.15, -0.1) is 0 Å². The highest BCUT2D eigenvalue weighted by Gasteiger charge is 2.33. The Morgan fingerprint density at radius 2 is 1.80 bits per heavy atom. The van der Waals surface area contributed by atoms with E-state index in [1.807, 2.05) is 6.92 Å². The van der Waals surface area contributed by atoms with Gasteiger partial charge in [-0.2, -0.15) is 13.2 Å². The molecule has 1 aliphatic rings. The number of carbonyl (C=O) groups excluding carboxylic acids is 1. The van der Waals surface area contributed by atoms with Crippen LogP contribution in [0.1, 0.15) is 18.9 Å². The van der Waals surface area contributed by atoms with E-state index >= 15 is 0 Å². The molecule has 0 saturated carbocycles. The summed E-state index contributed by atoms with van der Waals surface area (Å²) in [5, 5.41) is 0.572. The van der Waals surface area contributed by atoms with Crippen molar-refractivity contribution < 1.29 is 22.7 Å². The van der Waals surface area contributed by atoms with Crippen molar-refractivity contribution >= 4 is 46.4 Å². The lowest BCUT2D eigenvalue weighted by atomic mass is 10.2. The molecule has 2 aromatic carbocycles. The first-order chi connectivity index (χ1) is 14.3. The summed E-state index contributed by atoms with van der Waals surface area (Å²) in [7, 11) is 1.58. The molecule has 2 aromatic rings.